The molecule has 4 aromatic rings. The molecular formula is C22H21FN8O. The number of aliphatic imine (C=N–C) groups is 1. The van der Waals surface area contributed by atoms with E-state index in [9.17, 15) is 9.18 Å². The summed E-state index contributed by atoms with van der Waals surface area (Å²) in [5.74, 6) is -1.40. The van der Waals surface area contributed by atoms with Crippen molar-refractivity contribution in [3.05, 3.63) is 71.8 Å². The van der Waals surface area contributed by atoms with Crippen LogP contribution in [0.2, 0.25) is 0 Å². The first kappa shape index (κ1) is 20.8. The van der Waals surface area contributed by atoms with Gasteiger partial charge in [-0.1, -0.05) is 18.2 Å². The minimum absolute atomic E-state index is 0.125. The first-order valence-corrected chi connectivity index (χ1v) is 9.78. The van der Waals surface area contributed by atoms with Crippen LogP contribution in [0.5, 0.6) is 0 Å². The largest absolute Gasteiger partial charge is 0.382 e. The number of carbonyl (C=O) groups is 1. The molecule has 0 spiro atoms. The monoisotopic (exact) mass is 432 g/mol. The molecule has 2 aromatic carbocycles. The van der Waals surface area contributed by atoms with Gasteiger partial charge in [0.25, 0.3) is 0 Å². The number of aromatic amines is 1. The minimum Gasteiger partial charge on any atom is -0.382 e. The summed E-state index contributed by atoms with van der Waals surface area (Å²) >= 11 is 0. The summed E-state index contributed by atoms with van der Waals surface area (Å²) in [6.07, 6.45) is 2.66. The van der Waals surface area contributed by atoms with Crippen LogP contribution in [0, 0.1) is 5.82 Å². The molecule has 0 unspecified atom stereocenters. The van der Waals surface area contributed by atoms with E-state index in [0.29, 0.717) is 30.0 Å². The standard InChI is InChI=1S/C22H21FN8O/c23-14-7-5-12(6-8-14)17-20(30-19(24)18(29-17)21(32)31-22(25)26)27-10-9-13-11-28-16-4-2-1-3-15(13)16/h1-8,11,28H,9-10H2,(H3,24,27,30)(H4,25,26,31,32). The van der Waals surface area contributed by atoms with Gasteiger partial charge in [-0.25, -0.2) is 14.4 Å². The highest BCUT2D eigenvalue weighted by molar-refractivity contribution is 6.03. The molecule has 2 heterocycles. The van der Waals surface area contributed by atoms with Gasteiger partial charge in [0, 0.05) is 29.2 Å². The summed E-state index contributed by atoms with van der Waals surface area (Å²) < 4.78 is 13.4. The second-order valence-electron chi connectivity index (χ2n) is 7.04. The number of H-pyrrole nitrogens is 1. The molecule has 0 saturated heterocycles. The summed E-state index contributed by atoms with van der Waals surface area (Å²) in [7, 11) is 0. The molecule has 0 aliphatic carbocycles. The van der Waals surface area contributed by atoms with Gasteiger partial charge in [0.1, 0.15) is 11.5 Å². The fourth-order valence-electron chi connectivity index (χ4n) is 3.36. The molecule has 10 heteroatoms. The molecule has 4 rings (SSSR count). The second-order valence-corrected chi connectivity index (χ2v) is 7.04. The number of nitrogens with one attached hydrogen (secondary N) is 2. The van der Waals surface area contributed by atoms with Crippen molar-refractivity contribution in [3.8, 4) is 11.3 Å². The van der Waals surface area contributed by atoms with Gasteiger partial charge < -0.3 is 27.5 Å². The van der Waals surface area contributed by atoms with Crippen molar-refractivity contribution in [2.75, 3.05) is 17.6 Å². The Balaban J connectivity index is 1.65. The fraction of sp³-hybridized carbons (Fsp3) is 0.0909. The Kier molecular flexibility index (Phi) is 5.67. The number of para-hydroxylation sites is 1. The molecule has 0 aliphatic rings. The lowest BCUT2D eigenvalue weighted by atomic mass is 10.1. The van der Waals surface area contributed by atoms with Crippen molar-refractivity contribution in [1.82, 2.24) is 15.0 Å². The molecule has 2 aromatic heterocycles. The van der Waals surface area contributed by atoms with E-state index >= 15 is 0 Å². The van der Waals surface area contributed by atoms with E-state index in [-0.39, 0.29) is 11.5 Å². The molecule has 162 valence electrons. The third-order valence-corrected chi connectivity index (χ3v) is 4.84. The van der Waals surface area contributed by atoms with Gasteiger partial charge in [0.05, 0.1) is 0 Å². The number of nitrogens with two attached hydrogens (primary N) is 3. The minimum atomic E-state index is -0.816. The maximum atomic E-state index is 13.4. The number of nitrogens with zero attached hydrogens (tertiary/aromatic N) is 3. The number of anilines is 2. The summed E-state index contributed by atoms with van der Waals surface area (Å²) in [6, 6.07) is 13.7. The molecule has 9 nitrogen and oxygen atoms in total. The highest BCUT2D eigenvalue weighted by atomic mass is 19.1. The van der Waals surface area contributed by atoms with Crippen LogP contribution in [0.4, 0.5) is 16.0 Å². The van der Waals surface area contributed by atoms with Gasteiger partial charge in [-0.2, -0.15) is 4.99 Å². The Labute approximate surface area is 182 Å². The number of guanidine groups is 1. The molecule has 0 fully saturated rings. The number of hydrogen-bond donors (Lipinski definition) is 5. The maximum Gasteiger partial charge on any atom is 0.302 e. The van der Waals surface area contributed by atoms with E-state index in [1.54, 1.807) is 0 Å². The van der Waals surface area contributed by atoms with Crippen LogP contribution in [-0.4, -0.2) is 33.4 Å². The quantitative estimate of drug-likeness (QED) is 0.231. The SMILES string of the molecule is NC(N)=NC(=O)c1nc(-c2ccc(F)cc2)c(NCCc2c[nH]c3ccccc23)nc1N. The summed E-state index contributed by atoms with van der Waals surface area (Å²) in [5.41, 5.74) is 19.4. The van der Waals surface area contributed by atoms with E-state index in [2.05, 4.69) is 25.3 Å². The first-order chi connectivity index (χ1) is 15.4. The van der Waals surface area contributed by atoms with Crippen LogP contribution < -0.4 is 22.5 Å². The van der Waals surface area contributed by atoms with Crippen molar-refractivity contribution in [1.29, 1.82) is 0 Å². The third kappa shape index (κ3) is 4.33. The zero-order chi connectivity index (χ0) is 22.7. The lowest BCUT2D eigenvalue weighted by Gasteiger charge is -2.13. The van der Waals surface area contributed by atoms with Crippen molar-refractivity contribution in [3.63, 3.8) is 0 Å². The van der Waals surface area contributed by atoms with Crippen molar-refractivity contribution < 1.29 is 9.18 Å². The van der Waals surface area contributed by atoms with Gasteiger partial charge >= 0.3 is 5.91 Å². The second kappa shape index (κ2) is 8.72. The van der Waals surface area contributed by atoms with Gasteiger partial charge in [-0.05, 0) is 42.3 Å². The molecule has 0 aliphatic heterocycles. The van der Waals surface area contributed by atoms with Crippen LogP contribution in [0.25, 0.3) is 22.2 Å². The zero-order valence-electron chi connectivity index (χ0n) is 17.0. The van der Waals surface area contributed by atoms with E-state index < -0.39 is 17.7 Å². The molecule has 0 saturated carbocycles. The van der Waals surface area contributed by atoms with Gasteiger partial charge in [-0.3, -0.25) is 4.79 Å². The lowest BCUT2D eigenvalue weighted by molar-refractivity contribution is 0.0998. The van der Waals surface area contributed by atoms with Gasteiger partial charge in [-0.15, -0.1) is 0 Å². The highest BCUT2D eigenvalue weighted by Crippen LogP contribution is 2.27. The lowest BCUT2D eigenvalue weighted by Crippen LogP contribution is -2.25. The topological polar surface area (TPSA) is 161 Å². The molecule has 0 bridgehead atoms. The number of aromatic nitrogens is 3. The molecule has 1 amide bonds. The molecule has 0 atom stereocenters. The Morgan fingerprint density at radius 2 is 1.84 bits per heavy atom. The average molecular weight is 432 g/mol. The first-order valence-electron chi connectivity index (χ1n) is 9.78. The van der Waals surface area contributed by atoms with Crippen LogP contribution >= 0.6 is 0 Å². The Morgan fingerprint density at radius 1 is 1.09 bits per heavy atom. The fourth-order valence-corrected chi connectivity index (χ4v) is 3.36. The van der Waals surface area contributed by atoms with Crippen LogP contribution in [0.3, 0.4) is 0 Å². The smallest absolute Gasteiger partial charge is 0.302 e. The number of fused-ring (bicyclic) bond motifs is 1. The van der Waals surface area contributed by atoms with Crippen LogP contribution in [0.15, 0.2) is 59.7 Å². The van der Waals surface area contributed by atoms with Crippen molar-refractivity contribution >= 4 is 34.4 Å². The number of benzene rings is 2. The Hall–Kier alpha value is -4.47. The number of amides is 1. The number of hydrogen-bond acceptors (Lipinski definition) is 5. The van der Waals surface area contributed by atoms with Gasteiger partial charge in [0.2, 0.25) is 0 Å². The summed E-state index contributed by atoms with van der Waals surface area (Å²) in [5, 5.41) is 4.36. The van der Waals surface area contributed by atoms with Crippen LogP contribution in [-0.2, 0) is 6.42 Å². The molecule has 32 heavy (non-hydrogen) atoms. The predicted octanol–water partition coefficient (Wildman–Crippen LogP) is 2.41. The summed E-state index contributed by atoms with van der Waals surface area (Å²) in [4.78, 5) is 27.7. The van der Waals surface area contributed by atoms with Crippen molar-refractivity contribution in [2.24, 2.45) is 16.5 Å². The number of rotatable bonds is 6. The normalized spacial score (nSPS) is 10.8. The van der Waals surface area contributed by atoms with E-state index in [4.69, 9.17) is 17.2 Å². The zero-order valence-corrected chi connectivity index (χ0v) is 17.0. The molecule has 8 N–H and O–H groups in total. The van der Waals surface area contributed by atoms with Crippen LogP contribution in [0.1, 0.15) is 16.1 Å². The van der Waals surface area contributed by atoms with E-state index in [1.165, 1.54) is 24.3 Å². The van der Waals surface area contributed by atoms with E-state index in [0.717, 1.165) is 16.5 Å². The average Bonchev–Trinajstić information content (AvgIpc) is 3.17. The van der Waals surface area contributed by atoms with Gasteiger partial charge in [0.15, 0.2) is 23.3 Å². The Bertz CT molecular complexity index is 1310. The Morgan fingerprint density at radius 3 is 2.59 bits per heavy atom. The molecular weight excluding hydrogens is 411 g/mol. The summed E-state index contributed by atoms with van der Waals surface area (Å²) in [6.45, 7) is 0.519. The number of halogens is 1. The highest BCUT2D eigenvalue weighted by Gasteiger charge is 2.19. The number of carbonyl (C=O) groups excluding carboxylic acids is 1. The molecule has 0 radical (unpaired) electrons. The van der Waals surface area contributed by atoms with E-state index in [1.807, 2.05) is 30.5 Å². The van der Waals surface area contributed by atoms with Crippen molar-refractivity contribution in [2.45, 2.75) is 6.42 Å². The predicted molar refractivity (Wildman–Crippen MR) is 122 cm³/mol. The number of nitrogen functional groups attached to an aromatic ring is 1. The maximum absolute atomic E-state index is 13.4. The third-order valence-electron chi connectivity index (χ3n) is 4.84.